The number of nitrogens with zero attached hydrogens (tertiary/aromatic N) is 1. The highest BCUT2D eigenvalue weighted by molar-refractivity contribution is 5.69. The second-order valence-electron chi connectivity index (χ2n) is 6.26. The number of phenolic OH excluding ortho intramolecular Hbond substituents is 1. The molecule has 0 amide bonds. The summed E-state index contributed by atoms with van der Waals surface area (Å²) in [5.74, 6) is 0.834. The molecule has 0 aliphatic heterocycles. The van der Waals surface area contributed by atoms with E-state index in [1.165, 1.54) is 0 Å². The van der Waals surface area contributed by atoms with Crippen molar-refractivity contribution in [3.8, 4) is 5.75 Å². The fourth-order valence-corrected chi connectivity index (χ4v) is 2.44. The van der Waals surface area contributed by atoms with Gasteiger partial charge in [0.05, 0.1) is 5.70 Å². The molecule has 1 unspecified atom stereocenters. The van der Waals surface area contributed by atoms with E-state index in [-0.39, 0.29) is 11.6 Å². The predicted molar refractivity (Wildman–Crippen MR) is 106 cm³/mol. The van der Waals surface area contributed by atoms with Gasteiger partial charge in [0.1, 0.15) is 11.6 Å². The molecule has 0 aliphatic carbocycles. The summed E-state index contributed by atoms with van der Waals surface area (Å²) in [7, 11) is 0. The van der Waals surface area contributed by atoms with E-state index in [1.54, 1.807) is 24.3 Å². The zero-order chi connectivity index (χ0) is 18.8. The number of allylic oxidation sites excluding steroid dienone is 2. The SMILES string of the molecule is CC/C=C\CN(CC(C)CC)C(/C=C(\N)c1ccccc1O)=C(N)N. The first-order valence-corrected chi connectivity index (χ1v) is 8.81. The van der Waals surface area contributed by atoms with Crippen molar-refractivity contribution < 1.29 is 5.11 Å². The second kappa shape index (κ2) is 10.3. The predicted octanol–water partition coefficient (Wildman–Crippen LogP) is 3.09. The molecule has 0 spiro atoms. The molecule has 0 aliphatic rings. The smallest absolute Gasteiger partial charge is 0.124 e. The number of benzene rings is 1. The average molecular weight is 345 g/mol. The van der Waals surface area contributed by atoms with Gasteiger partial charge in [0, 0.05) is 24.4 Å². The van der Waals surface area contributed by atoms with Crippen LogP contribution in [0.1, 0.15) is 39.2 Å². The summed E-state index contributed by atoms with van der Waals surface area (Å²) in [4.78, 5) is 2.13. The third-order valence-corrected chi connectivity index (χ3v) is 4.10. The standard InChI is InChI=1S/C20H32N4O/c1-4-6-9-12-24(14-15(3)5-2)18(20(22)23)13-17(21)16-10-7-8-11-19(16)25/h6-11,13,15,25H,4-5,12,14,21-23H2,1-3H3/b9-6-,17-13-. The van der Waals surface area contributed by atoms with E-state index in [9.17, 15) is 5.11 Å². The molecule has 0 heterocycles. The van der Waals surface area contributed by atoms with Crippen LogP contribution in [-0.2, 0) is 0 Å². The van der Waals surface area contributed by atoms with Gasteiger partial charge in [-0.2, -0.15) is 0 Å². The molecule has 1 aromatic rings. The van der Waals surface area contributed by atoms with Gasteiger partial charge in [0.2, 0.25) is 0 Å². The van der Waals surface area contributed by atoms with Gasteiger partial charge in [-0.25, -0.2) is 0 Å². The molecule has 25 heavy (non-hydrogen) atoms. The van der Waals surface area contributed by atoms with Crippen LogP contribution in [-0.4, -0.2) is 23.1 Å². The molecule has 1 rings (SSSR count). The van der Waals surface area contributed by atoms with Crippen LogP contribution < -0.4 is 17.2 Å². The molecule has 0 bridgehead atoms. The summed E-state index contributed by atoms with van der Waals surface area (Å²) >= 11 is 0. The van der Waals surface area contributed by atoms with Crippen molar-refractivity contribution in [2.75, 3.05) is 13.1 Å². The summed E-state index contributed by atoms with van der Waals surface area (Å²) in [6.07, 6.45) is 8.00. The van der Waals surface area contributed by atoms with Gasteiger partial charge >= 0.3 is 0 Å². The molecule has 0 radical (unpaired) electrons. The maximum Gasteiger partial charge on any atom is 0.124 e. The van der Waals surface area contributed by atoms with Gasteiger partial charge in [-0.05, 0) is 30.5 Å². The topological polar surface area (TPSA) is 102 Å². The molecule has 1 aromatic carbocycles. The van der Waals surface area contributed by atoms with Crippen LogP contribution in [0, 0.1) is 5.92 Å². The average Bonchev–Trinajstić information content (AvgIpc) is 2.58. The lowest BCUT2D eigenvalue weighted by Crippen LogP contribution is -2.32. The maximum atomic E-state index is 10.0. The van der Waals surface area contributed by atoms with Gasteiger partial charge in [0.25, 0.3) is 0 Å². The summed E-state index contributed by atoms with van der Waals surface area (Å²) in [5, 5.41) is 10.0. The van der Waals surface area contributed by atoms with Crippen molar-refractivity contribution in [2.24, 2.45) is 23.1 Å². The van der Waals surface area contributed by atoms with E-state index in [0.29, 0.717) is 29.4 Å². The van der Waals surface area contributed by atoms with Crippen molar-refractivity contribution in [1.29, 1.82) is 0 Å². The molecule has 5 nitrogen and oxygen atoms in total. The monoisotopic (exact) mass is 344 g/mol. The molecule has 5 heteroatoms. The minimum Gasteiger partial charge on any atom is -0.507 e. The van der Waals surface area contributed by atoms with Crippen LogP contribution >= 0.6 is 0 Å². The van der Waals surface area contributed by atoms with E-state index in [0.717, 1.165) is 19.4 Å². The molecule has 0 saturated carbocycles. The summed E-state index contributed by atoms with van der Waals surface area (Å²) in [6, 6.07) is 6.95. The Morgan fingerprint density at radius 1 is 1.16 bits per heavy atom. The Labute approximate surface area is 151 Å². The third-order valence-electron chi connectivity index (χ3n) is 4.10. The molecular formula is C20H32N4O. The quantitative estimate of drug-likeness (QED) is 0.407. The second-order valence-corrected chi connectivity index (χ2v) is 6.26. The Morgan fingerprint density at radius 2 is 1.84 bits per heavy atom. The van der Waals surface area contributed by atoms with Gasteiger partial charge in [-0.3, -0.25) is 0 Å². The largest absolute Gasteiger partial charge is 0.507 e. The van der Waals surface area contributed by atoms with E-state index < -0.39 is 0 Å². The number of nitrogens with two attached hydrogens (primary N) is 3. The Morgan fingerprint density at radius 3 is 2.40 bits per heavy atom. The van der Waals surface area contributed by atoms with Crippen molar-refractivity contribution in [2.45, 2.75) is 33.6 Å². The van der Waals surface area contributed by atoms with Crippen LogP contribution in [0.4, 0.5) is 0 Å². The third kappa shape index (κ3) is 6.45. The van der Waals surface area contributed by atoms with Gasteiger partial charge < -0.3 is 27.2 Å². The Balaban J connectivity index is 3.20. The minimum atomic E-state index is 0.130. The van der Waals surface area contributed by atoms with E-state index in [4.69, 9.17) is 17.2 Å². The highest BCUT2D eigenvalue weighted by Gasteiger charge is 2.14. The fourth-order valence-electron chi connectivity index (χ4n) is 2.44. The number of hydrogen-bond acceptors (Lipinski definition) is 5. The van der Waals surface area contributed by atoms with Gasteiger partial charge in [-0.15, -0.1) is 0 Å². The lowest BCUT2D eigenvalue weighted by molar-refractivity contribution is 0.320. The highest BCUT2D eigenvalue weighted by Crippen LogP contribution is 2.23. The Hall–Kier alpha value is -2.56. The van der Waals surface area contributed by atoms with E-state index >= 15 is 0 Å². The molecule has 0 saturated heterocycles. The number of aromatic hydroxyl groups is 1. The van der Waals surface area contributed by atoms with Crippen molar-refractivity contribution in [3.63, 3.8) is 0 Å². The number of hydrogen-bond donors (Lipinski definition) is 4. The normalized spacial score (nSPS) is 13.0. The maximum absolute atomic E-state index is 10.0. The van der Waals surface area contributed by atoms with Gasteiger partial charge in [-0.1, -0.05) is 51.5 Å². The fraction of sp³-hybridized carbons (Fsp3) is 0.400. The van der Waals surface area contributed by atoms with Crippen LogP contribution in [0.3, 0.4) is 0 Å². The number of phenols is 1. The molecule has 0 fully saturated rings. The molecule has 7 N–H and O–H groups in total. The summed E-state index contributed by atoms with van der Waals surface area (Å²) < 4.78 is 0. The zero-order valence-electron chi connectivity index (χ0n) is 15.6. The first-order chi connectivity index (χ1) is 11.9. The molecule has 138 valence electrons. The summed E-state index contributed by atoms with van der Waals surface area (Å²) in [5.41, 5.74) is 19.8. The lowest BCUT2D eigenvalue weighted by atomic mass is 10.1. The van der Waals surface area contributed by atoms with Gasteiger partial charge in [0.15, 0.2) is 0 Å². The summed E-state index contributed by atoms with van der Waals surface area (Å²) in [6.45, 7) is 7.97. The van der Waals surface area contributed by atoms with Crippen molar-refractivity contribution in [3.05, 3.63) is 59.6 Å². The molecule has 1 atom stereocenters. The molecule has 0 aromatic heterocycles. The Kier molecular flexibility index (Phi) is 8.47. The van der Waals surface area contributed by atoms with Crippen LogP contribution in [0.15, 0.2) is 54.0 Å². The number of para-hydroxylation sites is 1. The minimum absolute atomic E-state index is 0.130. The first kappa shape index (κ1) is 20.5. The Bertz CT molecular complexity index is 630. The number of rotatable bonds is 9. The first-order valence-electron chi connectivity index (χ1n) is 8.81. The lowest BCUT2D eigenvalue weighted by Gasteiger charge is -2.28. The van der Waals surface area contributed by atoms with E-state index in [2.05, 4.69) is 37.8 Å². The highest BCUT2D eigenvalue weighted by atomic mass is 16.3. The van der Waals surface area contributed by atoms with Crippen molar-refractivity contribution >= 4 is 5.70 Å². The van der Waals surface area contributed by atoms with E-state index in [1.807, 2.05) is 6.07 Å². The van der Waals surface area contributed by atoms with Crippen LogP contribution in [0.2, 0.25) is 0 Å². The van der Waals surface area contributed by atoms with Crippen molar-refractivity contribution in [1.82, 2.24) is 4.90 Å². The molecular weight excluding hydrogens is 312 g/mol. The zero-order valence-corrected chi connectivity index (χ0v) is 15.6. The van der Waals surface area contributed by atoms with Crippen LogP contribution in [0.25, 0.3) is 5.70 Å². The van der Waals surface area contributed by atoms with Crippen LogP contribution in [0.5, 0.6) is 5.75 Å².